The highest BCUT2D eigenvalue weighted by Crippen LogP contribution is 2.11. The molecule has 24 heavy (non-hydrogen) atoms. The number of nitrogens with one attached hydrogen (secondary N) is 3. The molecule has 0 saturated heterocycles. The molecule has 0 aliphatic rings. The number of non-ortho nitro benzene ring substituents is 1. The Labute approximate surface area is 142 Å². The number of thiocarbonyl (C=S) groups is 1. The fourth-order valence-electron chi connectivity index (χ4n) is 1.75. The molecule has 0 bridgehead atoms. The third-order valence-corrected chi connectivity index (χ3v) is 3.24. The van der Waals surface area contributed by atoms with Crippen LogP contribution in [-0.4, -0.2) is 15.9 Å². The van der Waals surface area contributed by atoms with Crippen LogP contribution < -0.4 is 16.2 Å². The van der Waals surface area contributed by atoms with Crippen LogP contribution in [0, 0.1) is 15.9 Å². The van der Waals surface area contributed by atoms with E-state index in [1.54, 1.807) is 12.1 Å². The van der Waals surface area contributed by atoms with E-state index in [9.17, 15) is 19.3 Å². The molecule has 0 aliphatic carbocycles. The number of nitro groups is 1. The first kappa shape index (κ1) is 17.3. The monoisotopic (exact) mass is 348 g/mol. The van der Waals surface area contributed by atoms with Gasteiger partial charge in [0.25, 0.3) is 11.6 Å². The molecule has 2 aromatic rings. The molecule has 124 valence electrons. The van der Waals surface area contributed by atoms with Gasteiger partial charge in [-0.25, -0.2) is 4.39 Å². The first-order chi connectivity index (χ1) is 11.5. The number of benzene rings is 2. The van der Waals surface area contributed by atoms with Gasteiger partial charge in [0.1, 0.15) is 5.82 Å². The van der Waals surface area contributed by atoms with Gasteiger partial charge >= 0.3 is 0 Å². The van der Waals surface area contributed by atoms with E-state index in [2.05, 4.69) is 16.2 Å². The molecule has 1 amide bonds. The number of rotatable bonds is 4. The number of hydrogen-bond donors (Lipinski definition) is 3. The smallest absolute Gasteiger partial charge is 0.269 e. The fourth-order valence-corrected chi connectivity index (χ4v) is 1.87. The third-order valence-electron chi connectivity index (χ3n) is 3.00. The minimum atomic E-state index is -0.547. The summed E-state index contributed by atoms with van der Waals surface area (Å²) in [6, 6.07) is 11.0. The van der Waals surface area contributed by atoms with Gasteiger partial charge in [-0.2, -0.15) is 0 Å². The highest BCUT2D eigenvalue weighted by Gasteiger charge is 2.09. The summed E-state index contributed by atoms with van der Waals surface area (Å²) in [6.07, 6.45) is 0. The molecule has 0 spiro atoms. The van der Waals surface area contributed by atoms with Gasteiger partial charge in [-0.3, -0.25) is 25.8 Å². The van der Waals surface area contributed by atoms with Crippen molar-refractivity contribution in [3.05, 3.63) is 75.6 Å². The molecule has 0 unspecified atom stereocenters. The molecule has 0 fully saturated rings. The molecule has 7 nitrogen and oxygen atoms in total. The minimum Gasteiger partial charge on any atom is -0.357 e. The summed E-state index contributed by atoms with van der Waals surface area (Å²) < 4.78 is 12.8. The van der Waals surface area contributed by atoms with Crippen molar-refractivity contribution >= 4 is 28.9 Å². The predicted molar refractivity (Wildman–Crippen MR) is 89.5 cm³/mol. The van der Waals surface area contributed by atoms with Gasteiger partial charge in [0.2, 0.25) is 0 Å². The molecule has 0 aliphatic heterocycles. The van der Waals surface area contributed by atoms with Crippen LogP contribution in [0.2, 0.25) is 0 Å². The number of nitrogens with zero attached hydrogens (tertiary/aromatic N) is 1. The second-order valence-corrected chi connectivity index (χ2v) is 5.10. The number of hydrazine groups is 1. The highest BCUT2D eigenvalue weighted by atomic mass is 32.1. The average Bonchev–Trinajstić information content (AvgIpc) is 2.59. The summed E-state index contributed by atoms with van der Waals surface area (Å²) >= 11 is 5.00. The van der Waals surface area contributed by atoms with Gasteiger partial charge in [-0.05, 0) is 42.0 Å². The van der Waals surface area contributed by atoms with E-state index in [1.807, 2.05) is 0 Å². The predicted octanol–water partition coefficient (Wildman–Crippen LogP) is 2.04. The van der Waals surface area contributed by atoms with E-state index in [0.717, 1.165) is 5.56 Å². The molecule has 0 aromatic heterocycles. The maximum atomic E-state index is 12.8. The van der Waals surface area contributed by atoms with Crippen molar-refractivity contribution in [2.45, 2.75) is 6.54 Å². The maximum Gasteiger partial charge on any atom is 0.269 e. The second kappa shape index (κ2) is 7.97. The lowest BCUT2D eigenvalue weighted by molar-refractivity contribution is -0.384. The molecular formula is C15H13FN4O3S. The zero-order valence-corrected chi connectivity index (χ0v) is 13.1. The number of carbonyl (C=O) groups excluding carboxylic acids is 1. The molecule has 0 atom stereocenters. The second-order valence-electron chi connectivity index (χ2n) is 4.69. The van der Waals surface area contributed by atoms with Gasteiger partial charge in [-0.15, -0.1) is 0 Å². The van der Waals surface area contributed by atoms with Crippen LogP contribution >= 0.6 is 12.2 Å². The van der Waals surface area contributed by atoms with Crippen LogP contribution in [0.4, 0.5) is 10.1 Å². The summed E-state index contributed by atoms with van der Waals surface area (Å²) in [6.45, 7) is 0.361. The Hall–Kier alpha value is -3.07. The molecule has 3 N–H and O–H groups in total. The van der Waals surface area contributed by atoms with Crippen molar-refractivity contribution < 1.29 is 14.1 Å². The zero-order valence-electron chi connectivity index (χ0n) is 12.3. The first-order valence-corrected chi connectivity index (χ1v) is 7.19. The lowest BCUT2D eigenvalue weighted by atomic mass is 10.2. The highest BCUT2D eigenvalue weighted by molar-refractivity contribution is 7.80. The summed E-state index contributed by atoms with van der Waals surface area (Å²) in [5, 5.41) is 13.6. The average molecular weight is 348 g/mol. The quantitative estimate of drug-likeness (QED) is 0.445. The van der Waals surface area contributed by atoms with Gasteiger partial charge in [0, 0.05) is 24.2 Å². The Kier molecular flexibility index (Phi) is 5.74. The van der Waals surface area contributed by atoms with Crippen molar-refractivity contribution in [1.82, 2.24) is 16.2 Å². The number of halogens is 1. The van der Waals surface area contributed by atoms with Crippen molar-refractivity contribution in [2.24, 2.45) is 0 Å². The minimum absolute atomic E-state index is 0.101. The zero-order chi connectivity index (χ0) is 17.5. The van der Waals surface area contributed by atoms with Crippen LogP contribution in [0.1, 0.15) is 15.9 Å². The van der Waals surface area contributed by atoms with Gasteiger partial charge in [-0.1, -0.05) is 12.1 Å². The van der Waals surface area contributed by atoms with Crippen LogP contribution in [0.25, 0.3) is 0 Å². The molecule has 0 heterocycles. The standard InChI is InChI=1S/C15H13FN4O3S/c16-12-5-1-10(2-6-12)9-17-15(24)19-18-14(21)11-3-7-13(8-4-11)20(22)23/h1-8H,9H2,(H,18,21)(H2,17,19,24). The van der Waals surface area contributed by atoms with Gasteiger partial charge in [0.15, 0.2) is 5.11 Å². The Morgan fingerprint density at radius 2 is 1.71 bits per heavy atom. The van der Waals surface area contributed by atoms with Crippen molar-refractivity contribution in [3.8, 4) is 0 Å². The lowest BCUT2D eigenvalue weighted by Gasteiger charge is -2.11. The Morgan fingerprint density at radius 3 is 2.29 bits per heavy atom. The largest absolute Gasteiger partial charge is 0.357 e. The maximum absolute atomic E-state index is 12.8. The van der Waals surface area contributed by atoms with E-state index in [0.29, 0.717) is 6.54 Å². The Morgan fingerprint density at radius 1 is 1.08 bits per heavy atom. The van der Waals surface area contributed by atoms with Gasteiger partial charge < -0.3 is 5.32 Å². The summed E-state index contributed by atoms with van der Waals surface area (Å²) in [5.74, 6) is -0.814. The van der Waals surface area contributed by atoms with Crippen molar-refractivity contribution in [3.63, 3.8) is 0 Å². The van der Waals surface area contributed by atoms with Crippen LogP contribution in [-0.2, 0) is 6.54 Å². The van der Waals surface area contributed by atoms with Crippen LogP contribution in [0.5, 0.6) is 0 Å². The lowest BCUT2D eigenvalue weighted by Crippen LogP contribution is -2.46. The summed E-state index contributed by atoms with van der Waals surface area (Å²) in [4.78, 5) is 21.9. The molecule has 0 radical (unpaired) electrons. The first-order valence-electron chi connectivity index (χ1n) is 6.79. The number of carbonyl (C=O) groups is 1. The fraction of sp³-hybridized carbons (Fsp3) is 0.0667. The molecular weight excluding hydrogens is 335 g/mol. The van der Waals surface area contributed by atoms with E-state index in [-0.39, 0.29) is 22.2 Å². The summed E-state index contributed by atoms with van der Waals surface area (Å²) in [7, 11) is 0. The SMILES string of the molecule is O=C(NNC(=S)NCc1ccc(F)cc1)c1ccc([N+](=O)[O-])cc1. The van der Waals surface area contributed by atoms with E-state index < -0.39 is 10.8 Å². The van der Waals surface area contributed by atoms with Gasteiger partial charge in [0.05, 0.1) is 4.92 Å². The number of amides is 1. The molecule has 2 rings (SSSR count). The molecule has 0 saturated carbocycles. The Balaban J connectivity index is 1.79. The molecule has 9 heteroatoms. The molecule has 2 aromatic carbocycles. The third kappa shape index (κ3) is 4.99. The van der Waals surface area contributed by atoms with E-state index in [1.165, 1.54) is 36.4 Å². The van der Waals surface area contributed by atoms with Crippen molar-refractivity contribution in [1.29, 1.82) is 0 Å². The van der Waals surface area contributed by atoms with Crippen molar-refractivity contribution in [2.75, 3.05) is 0 Å². The van der Waals surface area contributed by atoms with Crippen LogP contribution in [0.3, 0.4) is 0 Å². The topological polar surface area (TPSA) is 96.3 Å². The van der Waals surface area contributed by atoms with E-state index in [4.69, 9.17) is 12.2 Å². The summed E-state index contributed by atoms with van der Waals surface area (Å²) in [5.41, 5.74) is 5.85. The number of nitro benzene ring substituents is 1. The number of hydrogen-bond acceptors (Lipinski definition) is 4. The van der Waals surface area contributed by atoms with E-state index >= 15 is 0 Å². The van der Waals surface area contributed by atoms with Crippen LogP contribution in [0.15, 0.2) is 48.5 Å². The Bertz CT molecular complexity index is 750. The normalized spacial score (nSPS) is 9.88.